The van der Waals surface area contributed by atoms with Crippen molar-refractivity contribution in [3.63, 3.8) is 0 Å². The van der Waals surface area contributed by atoms with E-state index in [0.29, 0.717) is 11.2 Å². The van der Waals surface area contributed by atoms with Crippen LogP contribution in [0.1, 0.15) is 32.9 Å². The summed E-state index contributed by atoms with van der Waals surface area (Å²) >= 11 is 1.54. The third-order valence-electron chi connectivity index (χ3n) is 3.65. The van der Waals surface area contributed by atoms with Gasteiger partial charge in [0.25, 0.3) is 0 Å². The Morgan fingerprint density at radius 2 is 2.25 bits per heavy atom. The summed E-state index contributed by atoms with van der Waals surface area (Å²) in [7, 11) is 0. The molecule has 0 bridgehead atoms. The number of nitrogens with two attached hydrogens (primary N) is 1. The fraction of sp³-hybridized carbons (Fsp3) is 0.750. The molecule has 0 radical (unpaired) electrons. The highest BCUT2D eigenvalue weighted by molar-refractivity contribution is 7.13. The van der Waals surface area contributed by atoms with Gasteiger partial charge in [-0.15, -0.1) is 11.3 Å². The maximum atomic E-state index is 5.66. The number of aromatic nitrogens is 1. The molecule has 2 N–H and O–H groups in total. The minimum atomic E-state index is 0.652. The van der Waals surface area contributed by atoms with Crippen LogP contribution in [0.3, 0.4) is 0 Å². The lowest BCUT2D eigenvalue weighted by Crippen LogP contribution is -2.45. The summed E-state index contributed by atoms with van der Waals surface area (Å²) in [5.74, 6) is 1.57. The average molecular weight is 239 g/mol. The van der Waals surface area contributed by atoms with Crippen molar-refractivity contribution in [2.24, 2.45) is 11.8 Å². The van der Waals surface area contributed by atoms with E-state index in [2.05, 4.69) is 36.0 Å². The van der Waals surface area contributed by atoms with Gasteiger partial charge in [-0.2, -0.15) is 0 Å². The van der Waals surface area contributed by atoms with Crippen molar-refractivity contribution in [1.82, 2.24) is 9.88 Å². The first-order valence-corrected chi connectivity index (χ1v) is 6.88. The minimum absolute atomic E-state index is 0.652. The quantitative estimate of drug-likeness (QED) is 0.862. The highest BCUT2D eigenvalue weighted by Gasteiger charge is 2.28. The number of rotatable bonds is 2. The zero-order chi connectivity index (χ0) is 11.7. The molecule has 90 valence electrons. The van der Waals surface area contributed by atoms with Crippen molar-refractivity contribution in [1.29, 1.82) is 0 Å². The highest BCUT2D eigenvalue weighted by atomic mass is 32.1. The minimum Gasteiger partial charge on any atom is -0.375 e. The monoisotopic (exact) mass is 239 g/mol. The maximum absolute atomic E-state index is 5.66. The highest BCUT2D eigenvalue weighted by Crippen LogP contribution is 2.28. The molecule has 16 heavy (non-hydrogen) atoms. The van der Waals surface area contributed by atoms with Crippen LogP contribution in [-0.4, -0.2) is 22.5 Å². The van der Waals surface area contributed by atoms with E-state index in [0.717, 1.165) is 24.1 Å². The molecule has 3 nitrogen and oxygen atoms in total. The number of likely N-dealkylation sites (tertiary alicyclic amines) is 1. The van der Waals surface area contributed by atoms with E-state index in [1.807, 2.05) is 0 Å². The Labute approximate surface area is 102 Å². The number of hydrogen-bond donors (Lipinski definition) is 1. The maximum Gasteiger partial charge on any atom is 0.180 e. The van der Waals surface area contributed by atoms with E-state index in [9.17, 15) is 0 Å². The molecule has 0 saturated carbocycles. The zero-order valence-electron chi connectivity index (χ0n) is 10.3. The molecule has 1 aromatic heterocycles. The van der Waals surface area contributed by atoms with Gasteiger partial charge in [0.05, 0.1) is 5.69 Å². The van der Waals surface area contributed by atoms with Gasteiger partial charge in [-0.3, -0.25) is 4.90 Å². The van der Waals surface area contributed by atoms with Gasteiger partial charge in [-0.1, -0.05) is 13.8 Å². The number of piperidine rings is 1. The van der Waals surface area contributed by atoms with E-state index in [1.54, 1.807) is 0 Å². The summed E-state index contributed by atoms with van der Waals surface area (Å²) < 4.78 is 0. The fourth-order valence-electron chi connectivity index (χ4n) is 2.64. The molecule has 1 aliphatic heterocycles. The Morgan fingerprint density at radius 3 is 2.88 bits per heavy atom. The molecule has 1 aliphatic rings. The molecule has 2 heterocycles. The Morgan fingerprint density at radius 1 is 1.50 bits per heavy atom. The first-order chi connectivity index (χ1) is 7.56. The van der Waals surface area contributed by atoms with Crippen LogP contribution in [0.4, 0.5) is 5.13 Å². The van der Waals surface area contributed by atoms with E-state index in [-0.39, 0.29) is 0 Å². The van der Waals surface area contributed by atoms with Crippen LogP contribution in [0, 0.1) is 11.8 Å². The standard InChI is InChI=1S/C12H21N3S/c1-8-4-9(2)10(3)15(5-8)6-11-7-16-12(13)14-11/h7-10H,4-6H2,1-3H3,(H2,13,14). The smallest absolute Gasteiger partial charge is 0.180 e. The molecule has 3 unspecified atom stereocenters. The van der Waals surface area contributed by atoms with Gasteiger partial charge in [0.15, 0.2) is 5.13 Å². The molecule has 0 amide bonds. The van der Waals surface area contributed by atoms with Gasteiger partial charge < -0.3 is 5.73 Å². The second kappa shape index (κ2) is 4.72. The lowest BCUT2D eigenvalue weighted by atomic mass is 9.86. The number of anilines is 1. The Bertz CT molecular complexity index is 350. The molecule has 2 rings (SSSR count). The van der Waals surface area contributed by atoms with Gasteiger partial charge >= 0.3 is 0 Å². The zero-order valence-corrected chi connectivity index (χ0v) is 11.1. The molecule has 1 aromatic rings. The van der Waals surface area contributed by atoms with Crippen LogP contribution in [0.2, 0.25) is 0 Å². The van der Waals surface area contributed by atoms with Crippen LogP contribution in [-0.2, 0) is 6.54 Å². The summed E-state index contributed by atoms with van der Waals surface area (Å²) in [5.41, 5.74) is 6.78. The fourth-order valence-corrected chi connectivity index (χ4v) is 3.20. The molecule has 1 fully saturated rings. The second-order valence-corrected chi connectivity index (χ2v) is 6.05. The van der Waals surface area contributed by atoms with Crippen molar-refractivity contribution >= 4 is 16.5 Å². The van der Waals surface area contributed by atoms with Crippen LogP contribution >= 0.6 is 11.3 Å². The SMILES string of the molecule is CC1CC(C)C(C)N(Cc2csc(N)n2)C1. The first-order valence-electron chi connectivity index (χ1n) is 6.00. The van der Waals surface area contributed by atoms with Gasteiger partial charge in [0.1, 0.15) is 0 Å². The summed E-state index contributed by atoms with van der Waals surface area (Å²) in [4.78, 5) is 6.88. The Hall–Kier alpha value is -0.610. The lowest BCUT2D eigenvalue weighted by molar-refractivity contribution is 0.0720. The first kappa shape index (κ1) is 11.9. The second-order valence-electron chi connectivity index (χ2n) is 5.17. The average Bonchev–Trinajstić information content (AvgIpc) is 2.60. The number of nitrogen functional groups attached to an aromatic ring is 1. The van der Waals surface area contributed by atoms with Crippen molar-refractivity contribution in [2.45, 2.75) is 39.8 Å². The van der Waals surface area contributed by atoms with Crippen LogP contribution in [0.25, 0.3) is 0 Å². The van der Waals surface area contributed by atoms with E-state index in [1.165, 1.54) is 24.3 Å². The van der Waals surface area contributed by atoms with E-state index < -0.39 is 0 Å². The third-order valence-corrected chi connectivity index (χ3v) is 4.38. The van der Waals surface area contributed by atoms with E-state index >= 15 is 0 Å². The Balaban J connectivity index is 2.02. The van der Waals surface area contributed by atoms with Gasteiger partial charge in [0.2, 0.25) is 0 Å². The van der Waals surface area contributed by atoms with Crippen molar-refractivity contribution in [2.75, 3.05) is 12.3 Å². The topological polar surface area (TPSA) is 42.1 Å². The van der Waals surface area contributed by atoms with Crippen molar-refractivity contribution in [3.8, 4) is 0 Å². The molecule has 3 atom stereocenters. The predicted molar refractivity (Wildman–Crippen MR) is 69.3 cm³/mol. The predicted octanol–water partition coefficient (Wildman–Crippen LogP) is 2.59. The Kier molecular flexibility index (Phi) is 3.50. The van der Waals surface area contributed by atoms with Crippen molar-refractivity contribution < 1.29 is 0 Å². The molecular formula is C12H21N3S. The van der Waals surface area contributed by atoms with Gasteiger partial charge in [0, 0.05) is 24.5 Å². The third kappa shape index (κ3) is 2.55. The van der Waals surface area contributed by atoms with Crippen LogP contribution in [0.15, 0.2) is 5.38 Å². The summed E-state index contributed by atoms with van der Waals surface area (Å²) in [6, 6.07) is 0.652. The molecule has 1 saturated heterocycles. The molecule has 0 aromatic carbocycles. The normalized spacial score (nSPS) is 31.8. The summed E-state index contributed by atoms with van der Waals surface area (Å²) in [6.07, 6.45) is 1.34. The van der Waals surface area contributed by atoms with Crippen LogP contribution < -0.4 is 5.73 Å². The molecule has 0 aliphatic carbocycles. The molecule has 0 spiro atoms. The van der Waals surface area contributed by atoms with Gasteiger partial charge in [-0.05, 0) is 25.2 Å². The van der Waals surface area contributed by atoms with Gasteiger partial charge in [-0.25, -0.2) is 4.98 Å². The van der Waals surface area contributed by atoms with Crippen molar-refractivity contribution in [3.05, 3.63) is 11.1 Å². The summed E-state index contributed by atoms with van der Waals surface area (Å²) in [6.45, 7) is 9.15. The van der Waals surface area contributed by atoms with Crippen LogP contribution in [0.5, 0.6) is 0 Å². The number of thiazole rings is 1. The molecular weight excluding hydrogens is 218 g/mol. The van der Waals surface area contributed by atoms with E-state index in [4.69, 9.17) is 5.73 Å². The summed E-state index contributed by atoms with van der Waals surface area (Å²) in [5, 5.41) is 2.76. The number of nitrogens with zero attached hydrogens (tertiary/aromatic N) is 2. The lowest BCUT2D eigenvalue weighted by Gasteiger charge is -2.40. The number of hydrogen-bond acceptors (Lipinski definition) is 4. The largest absolute Gasteiger partial charge is 0.375 e. The molecule has 4 heteroatoms.